The summed E-state index contributed by atoms with van der Waals surface area (Å²) in [6.45, 7) is 0. The Morgan fingerprint density at radius 1 is 1.17 bits per heavy atom. The number of hydrogen-bond donors (Lipinski definition) is 0. The topological polar surface area (TPSA) is 69.4 Å². The monoisotopic (exact) mass is 390 g/mol. The van der Waals surface area contributed by atoms with Crippen LogP contribution in [0.25, 0.3) is 5.69 Å². The van der Waals surface area contributed by atoms with Gasteiger partial charge in [-0.25, -0.2) is 4.68 Å². The highest BCUT2D eigenvalue weighted by molar-refractivity contribution is 5.95. The fraction of sp³-hybridized carbons (Fsp3) is 0.318. The number of ether oxygens (including phenoxy) is 1. The Bertz CT molecular complexity index is 1150. The first kappa shape index (κ1) is 17.7. The number of carbonyl (C=O) groups excluding carboxylic acids is 1. The van der Waals surface area contributed by atoms with Crippen molar-refractivity contribution >= 4 is 5.91 Å². The Labute approximate surface area is 168 Å². The van der Waals surface area contributed by atoms with Gasteiger partial charge in [-0.05, 0) is 43.2 Å². The summed E-state index contributed by atoms with van der Waals surface area (Å²) in [7, 11) is 3.33. The van der Waals surface area contributed by atoms with Crippen molar-refractivity contribution in [1.82, 2.24) is 19.2 Å². The molecule has 0 N–H and O–H groups in total. The van der Waals surface area contributed by atoms with E-state index in [1.165, 1.54) is 10.6 Å². The van der Waals surface area contributed by atoms with Gasteiger partial charge >= 0.3 is 0 Å². The quantitative estimate of drug-likeness (QED) is 0.689. The molecule has 29 heavy (non-hydrogen) atoms. The number of rotatable bonds is 3. The SMILES string of the molecule is COc1ccc(-n2ncc3c2C[C@@H]2CC[C@H]3N2C(=O)c2ccn(C)c(=O)c2)cc1. The summed E-state index contributed by atoms with van der Waals surface area (Å²) in [4.78, 5) is 27.2. The van der Waals surface area contributed by atoms with E-state index in [-0.39, 0.29) is 23.6 Å². The van der Waals surface area contributed by atoms with E-state index in [1.807, 2.05) is 40.0 Å². The van der Waals surface area contributed by atoms with Crippen LogP contribution in [-0.4, -0.2) is 38.3 Å². The van der Waals surface area contributed by atoms with Gasteiger partial charge in [0.25, 0.3) is 11.5 Å². The van der Waals surface area contributed by atoms with Crippen molar-refractivity contribution in [2.75, 3.05) is 7.11 Å². The minimum atomic E-state index is -0.173. The average Bonchev–Trinajstić information content (AvgIpc) is 3.30. The first-order chi connectivity index (χ1) is 14.1. The molecule has 7 nitrogen and oxygen atoms in total. The zero-order valence-electron chi connectivity index (χ0n) is 16.4. The first-order valence-electron chi connectivity index (χ1n) is 9.77. The Hall–Kier alpha value is -3.35. The second-order valence-electron chi connectivity index (χ2n) is 7.68. The molecular formula is C22H22N4O3. The minimum Gasteiger partial charge on any atom is -0.497 e. The summed E-state index contributed by atoms with van der Waals surface area (Å²) < 4.78 is 8.69. The molecule has 1 aromatic carbocycles. The van der Waals surface area contributed by atoms with Crippen LogP contribution in [0.2, 0.25) is 0 Å². The van der Waals surface area contributed by atoms with Crippen molar-refractivity contribution in [3.63, 3.8) is 0 Å². The largest absolute Gasteiger partial charge is 0.497 e. The van der Waals surface area contributed by atoms with Gasteiger partial charge in [0, 0.05) is 42.9 Å². The maximum absolute atomic E-state index is 13.2. The zero-order valence-corrected chi connectivity index (χ0v) is 16.4. The van der Waals surface area contributed by atoms with Gasteiger partial charge < -0.3 is 14.2 Å². The second kappa shape index (κ2) is 6.62. The van der Waals surface area contributed by atoms with Crippen molar-refractivity contribution in [1.29, 1.82) is 0 Å². The number of aryl methyl sites for hydroxylation is 1. The standard InChI is InChI=1S/C22H22N4O3/c1-24-10-9-14(11-21(24)27)22(28)25-16-5-8-19(25)18-13-23-26(20(18)12-16)15-3-6-17(29-2)7-4-15/h3-4,6-7,9-11,13,16,19H,5,8,12H2,1-2H3/t16-,19+/m0/s1. The average molecular weight is 390 g/mol. The van der Waals surface area contributed by atoms with Crippen LogP contribution in [0.5, 0.6) is 5.75 Å². The molecule has 2 atom stereocenters. The molecule has 1 amide bonds. The minimum absolute atomic E-state index is 0.00677. The van der Waals surface area contributed by atoms with E-state index in [1.54, 1.807) is 26.4 Å². The van der Waals surface area contributed by atoms with Gasteiger partial charge in [0.15, 0.2) is 0 Å². The third-order valence-electron chi connectivity index (χ3n) is 6.09. The third kappa shape index (κ3) is 2.76. The molecule has 0 spiro atoms. The molecular weight excluding hydrogens is 368 g/mol. The van der Waals surface area contributed by atoms with E-state index in [0.29, 0.717) is 5.56 Å². The van der Waals surface area contributed by atoms with E-state index in [4.69, 9.17) is 4.74 Å². The van der Waals surface area contributed by atoms with E-state index in [9.17, 15) is 9.59 Å². The van der Waals surface area contributed by atoms with Crippen molar-refractivity contribution in [2.24, 2.45) is 7.05 Å². The Kier molecular flexibility index (Phi) is 4.04. The van der Waals surface area contributed by atoms with Crippen molar-refractivity contribution in [2.45, 2.75) is 31.3 Å². The summed E-state index contributed by atoms with van der Waals surface area (Å²) >= 11 is 0. The highest BCUT2D eigenvalue weighted by Gasteiger charge is 2.44. The molecule has 148 valence electrons. The predicted octanol–water partition coefficient (Wildman–Crippen LogP) is 2.48. The van der Waals surface area contributed by atoms with Crippen LogP contribution < -0.4 is 10.3 Å². The normalized spacial score (nSPS) is 19.9. The lowest BCUT2D eigenvalue weighted by atomic mass is 9.98. The molecule has 0 radical (unpaired) electrons. The van der Waals surface area contributed by atoms with E-state index < -0.39 is 0 Å². The van der Waals surface area contributed by atoms with Gasteiger partial charge in [0.1, 0.15) is 5.75 Å². The van der Waals surface area contributed by atoms with Crippen LogP contribution in [0.1, 0.15) is 40.5 Å². The molecule has 4 heterocycles. The lowest BCUT2D eigenvalue weighted by molar-refractivity contribution is 0.0644. The third-order valence-corrected chi connectivity index (χ3v) is 6.09. The number of nitrogens with zero attached hydrogens (tertiary/aromatic N) is 4. The molecule has 1 fully saturated rings. The zero-order chi connectivity index (χ0) is 20.1. The van der Waals surface area contributed by atoms with Crippen LogP contribution in [0.3, 0.4) is 0 Å². The van der Waals surface area contributed by atoms with Gasteiger partial charge in [0.05, 0.1) is 30.7 Å². The smallest absolute Gasteiger partial charge is 0.254 e. The lowest BCUT2D eigenvalue weighted by Gasteiger charge is -2.35. The number of pyridine rings is 1. The number of carbonyl (C=O) groups is 1. The molecule has 0 aliphatic carbocycles. The van der Waals surface area contributed by atoms with Gasteiger partial charge in [0.2, 0.25) is 0 Å². The summed E-state index contributed by atoms with van der Waals surface area (Å²) in [5.41, 5.74) is 3.53. The molecule has 3 aromatic rings. The van der Waals surface area contributed by atoms with Crippen LogP contribution in [0, 0.1) is 0 Å². The highest BCUT2D eigenvalue weighted by atomic mass is 16.5. The number of fused-ring (bicyclic) bond motifs is 4. The number of methoxy groups -OCH3 is 1. The second-order valence-corrected chi connectivity index (χ2v) is 7.68. The summed E-state index contributed by atoms with van der Waals surface area (Å²) in [6, 6.07) is 11.1. The number of hydrogen-bond acceptors (Lipinski definition) is 4. The van der Waals surface area contributed by atoms with Crippen molar-refractivity contribution < 1.29 is 9.53 Å². The van der Waals surface area contributed by atoms with Crippen LogP contribution >= 0.6 is 0 Å². The summed E-state index contributed by atoms with van der Waals surface area (Å²) in [5, 5.41) is 4.62. The van der Waals surface area contributed by atoms with E-state index in [2.05, 4.69) is 5.10 Å². The van der Waals surface area contributed by atoms with Crippen LogP contribution in [0.15, 0.2) is 53.6 Å². The first-order valence-corrected chi connectivity index (χ1v) is 9.77. The fourth-order valence-electron chi connectivity index (χ4n) is 4.56. The van der Waals surface area contributed by atoms with Gasteiger partial charge in [-0.2, -0.15) is 5.10 Å². The molecule has 7 heteroatoms. The van der Waals surface area contributed by atoms with Crippen molar-refractivity contribution in [3.05, 3.63) is 76.0 Å². The molecule has 0 unspecified atom stereocenters. The molecule has 0 saturated carbocycles. The number of aromatic nitrogens is 3. The van der Waals surface area contributed by atoms with Crippen LogP contribution in [-0.2, 0) is 13.5 Å². The summed E-state index contributed by atoms with van der Waals surface area (Å²) in [5.74, 6) is 0.735. The number of amides is 1. The van der Waals surface area contributed by atoms with Gasteiger partial charge in [-0.1, -0.05) is 0 Å². The Balaban J connectivity index is 1.49. The van der Waals surface area contributed by atoms with E-state index >= 15 is 0 Å². The molecule has 2 aliphatic heterocycles. The molecule has 2 aliphatic rings. The highest BCUT2D eigenvalue weighted by Crippen LogP contribution is 2.44. The van der Waals surface area contributed by atoms with Crippen molar-refractivity contribution in [3.8, 4) is 11.4 Å². The Morgan fingerprint density at radius 2 is 1.97 bits per heavy atom. The predicted molar refractivity (Wildman–Crippen MR) is 107 cm³/mol. The maximum Gasteiger partial charge on any atom is 0.254 e. The molecule has 5 rings (SSSR count). The van der Waals surface area contributed by atoms with E-state index in [0.717, 1.165) is 42.0 Å². The van der Waals surface area contributed by atoms with Gasteiger partial charge in [-0.15, -0.1) is 0 Å². The lowest BCUT2D eigenvalue weighted by Crippen LogP contribution is -2.42. The Morgan fingerprint density at radius 3 is 2.69 bits per heavy atom. The molecule has 2 aromatic heterocycles. The van der Waals surface area contributed by atoms with Crippen LogP contribution in [0.4, 0.5) is 0 Å². The molecule has 1 saturated heterocycles. The van der Waals surface area contributed by atoms with Gasteiger partial charge in [-0.3, -0.25) is 9.59 Å². The fourth-order valence-corrected chi connectivity index (χ4v) is 4.56. The molecule has 2 bridgehead atoms. The maximum atomic E-state index is 13.2. The number of benzene rings is 1. The summed E-state index contributed by atoms with van der Waals surface area (Å²) in [6.07, 6.45) is 6.17.